The Kier molecular flexibility index (Phi) is 5.88. The molecule has 1 saturated carbocycles. The second-order valence-electron chi connectivity index (χ2n) is 5.57. The molecule has 1 atom stereocenters. The average molecular weight is 269 g/mol. The number of hydrogen-bond acceptors (Lipinski definition) is 4. The molecule has 0 aromatic rings. The number of nitrogens with one attached hydrogen (secondary N) is 2. The smallest absolute Gasteiger partial charge is 0.206 e. The van der Waals surface area contributed by atoms with E-state index in [0.29, 0.717) is 18.5 Å². The maximum Gasteiger partial charge on any atom is 0.206 e. The van der Waals surface area contributed by atoms with Crippen molar-refractivity contribution in [1.82, 2.24) is 15.6 Å². The maximum absolute atomic E-state index is 5.69. The Morgan fingerprint density at radius 1 is 1.37 bits per heavy atom. The lowest BCUT2D eigenvalue weighted by molar-refractivity contribution is -0.0136. The molecule has 19 heavy (non-hydrogen) atoms. The minimum absolute atomic E-state index is 0.176. The Morgan fingerprint density at radius 3 is 2.84 bits per heavy atom. The van der Waals surface area contributed by atoms with Crippen molar-refractivity contribution in [3.8, 4) is 0 Å². The summed E-state index contributed by atoms with van der Waals surface area (Å²) in [4.78, 5) is 6.78. The van der Waals surface area contributed by atoms with Crippen LogP contribution in [-0.2, 0) is 4.74 Å². The summed E-state index contributed by atoms with van der Waals surface area (Å²) in [5, 5.41) is 3.40. The molecule has 1 aliphatic heterocycles. The number of morpholine rings is 1. The summed E-state index contributed by atoms with van der Waals surface area (Å²) in [6.07, 6.45) is 6.55. The van der Waals surface area contributed by atoms with Gasteiger partial charge < -0.3 is 15.0 Å². The second-order valence-corrected chi connectivity index (χ2v) is 5.57. The summed E-state index contributed by atoms with van der Waals surface area (Å²) in [5.41, 5.74) is 2.67. The molecule has 2 aliphatic rings. The van der Waals surface area contributed by atoms with E-state index in [2.05, 4.69) is 27.7 Å². The number of aliphatic imine (C=N–C) groups is 1. The highest BCUT2D eigenvalue weighted by atomic mass is 16.5. The normalized spacial score (nSPS) is 27.3. The molecule has 0 bridgehead atoms. The van der Waals surface area contributed by atoms with Crippen LogP contribution in [0.4, 0.5) is 0 Å². The van der Waals surface area contributed by atoms with Crippen LogP contribution < -0.4 is 16.6 Å². The van der Waals surface area contributed by atoms with E-state index < -0.39 is 0 Å². The quantitative estimate of drug-likeness (QED) is 0.292. The SMILES string of the molecule is CN1CCOC(CN=C(NN)NC2CCCCC2)C1. The molecule has 1 aliphatic carbocycles. The Morgan fingerprint density at radius 2 is 2.16 bits per heavy atom. The lowest BCUT2D eigenvalue weighted by Gasteiger charge is -2.29. The Balaban J connectivity index is 1.77. The van der Waals surface area contributed by atoms with Gasteiger partial charge in [-0.25, -0.2) is 10.8 Å². The number of likely N-dealkylation sites (N-methyl/N-ethyl adjacent to an activating group) is 1. The summed E-state index contributed by atoms with van der Waals surface area (Å²) in [5.74, 6) is 6.24. The van der Waals surface area contributed by atoms with Crippen molar-refractivity contribution in [3.63, 3.8) is 0 Å². The third kappa shape index (κ3) is 4.97. The number of ether oxygens (including phenoxy) is 1. The van der Waals surface area contributed by atoms with Crippen LogP contribution in [0.2, 0.25) is 0 Å². The van der Waals surface area contributed by atoms with E-state index in [1.807, 2.05) is 0 Å². The van der Waals surface area contributed by atoms with Crippen molar-refractivity contribution < 1.29 is 4.74 Å². The van der Waals surface area contributed by atoms with E-state index >= 15 is 0 Å². The first-order chi connectivity index (χ1) is 9.28. The molecular formula is C13H27N5O. The molecule has 0 aromatic carbocycles. The van der Waals surface area contributed by atoms with Crippen LogP contribution in [0.1, 0.15) is 32.1 Å². The first-order valence-electron chi connectivity index (χ1n) is 7.35. The summed E-state index contributed by atoms with van der Waals surface area (Å²) in [7, 11) is 2.11. The first kappa shape index (κ1) is 14.6. The molecule has 0 spiro atoms. The highest BCUT2D eigenvalue weighted by Gasteiger charge is 2.18. The van der Waals surface area contributed by atoms with Gasteiger partial charge in [-0.15, -0.1) is 0 Å². The largest absolute Gasteiger partial charge is 0.374 e. The number of nitrogens with two attached hydrogens (primary N) is 1. The van der Waals surface area contributed by atoms with E-state index in [9.17, 15) is 0 Å². The topological polar surface area (TPSA) is 74.9 Å². The van der Waals surface area contributed by atoms with Crippen molar-refractivity contribution in [2.24, 2.45) is 10.8 Å². The minimum atomic E-state index is 0.176. The van der Waals surface area contributed by atoms with Crippen molar-refractivity contribution in [3.05, 3.63) is 0 Å². The molecule has 2 fully saturated rings. The molecule has 6 nitrogen and oxygen atoms in total. The standard InChI is InChI=1S/C13H27N5O/c1-18-7-8-19-12(10-18)9-15-13(17-14)16-11-5-3-2-4-6-11/h11-12H,2-10,14H2,1H3,(H2,15,16,17). The van der Waals surface area contributed by atoms with E-state index in [4.69, 9.17) is 10.6 Å². The summed E-state index contributed by atoms with van der Waals surface area (Å²) in [6, 6.07) is 0.512. The van der Waals surface area contributed by atoms with Gasteiger partial charge in [-0.05, 0) is 19.9 Å². The summed E-state index contributed by atoms with van der Waals surface area (Å²) >= 11 is 0. The van der Waals surface area contributed by atoms with Crippen LogP contribution >= 0.6 is 0 Å². The monoisotopic (exact) mass is 269 g/mol. The van der Waals surface area contributed by atoms with E-state index in [-0.39, 0.29) is 6.10 Å². The predicted molar refractivity (Wildman–Crippen MR) is 76.9 cm³/mol. The molecule has 4 N–H and O–H groups in total. The molecule has 2 rings (SSSR count). The van der Waals surface area contributed by atoms with Crippen LogP contribution in [0, 0.1) is 0 Å². The molecule has 1 saturated heterocycles. The number of guanidine groups is 1. The molecule has 6 heteroatoms. The Hall–Kier alpha value is -0.850. The lowest BCUT2D eigenvalue weighted by Crippen LogP contribution is -2.48. The zero-order valence-electron chi connectivity index (χ0n) is 11.9. The third-order valence-electron chi connectivity index (χ3n) is 3.88. The highest BCUT2D eigenvalue weighted by molar-refractivity contribution is 5.79. The van der Waals surface area contributed by atoms with Crippen LogP contribution in [0.15, 0.2) is 4.99 Å². The van der Waals surface area contributed by atoms with Crippen LogP contribution in [0.25, 0.3) is 0 Å². The molecule has 0 radical (unpaired) electrons. The third-order valence-corrected chi connectivity index (χ3v) is 3.88. The number of hydrazine groups is 1. The van der Waals surface area contributed by atoms with Gasteiger partial charge in [0.05, 0.1) is 19.3 Å². The van der Waals surface area contributed by atoms with Gasteiger partial charge in [0.2, 0.25) is 5.96 Å². The fourth-order valence-corrected chi connectivity index (χ4v) is 2.74. The van der Waals surface area contributed by atoms with E-state index in [1.165, 1.54) is 32.1 Å². The number of rotatable bonds is 3. The zero-order chi connectivity index (χ0) is 13.5. The van der Waals surface area contributed by atoms with Crippen LogP contribution in [-0.4, -0.2) is 56.3 Å². The minimum Gasteiger partial charge on any atom is -0.374 e. The van der Waals surface area contributed by atoms with Crippen molar-refractivity contribution in [2.75, 3.05) is 33.3 Å². The maximum atomic E-state index is 5.69. The van der Waals surface area contributed by atoms with Gasteiger partial charge in [-0.1, -0.05) is 19.3 Å². The van der Waals surface area contributed by atoms with Crippen molar-refractivity contribution in [2.45, 2.75) is 44.2 Å². The van der Waals surface area contributed by atoms with Gasteiger partial charge in [0.15, 0.2) is 0 Å². The number of hydrogen-bond donors (Lipinski definition) is 3. The fourth-order valence-electron chi connectivity index (χ4n) is 2.74. The number of nitrogens with zero attached hydrogens (tertiary/aromatic N) is 2. The van der Waals surface area contributed by atoms with Gasteiger partial charge in [-0.2, -0.15) is 0 Å². The van der Waals surface area contributed by atoms with Gasteiger partial charge in [0.1, 0.15) is 0 Å². The van der Waals surface area contributed by atoms with Gasteiger partial charge in [0.25, 0.3) is 0 Å². The van der Waals surface area contributed by atoms with Gasteiger partial charge >= 0.3 is 0 Å². The van der Waals surface area contributed by atoms with E-state index in [1.54, 1.807) is 0 Å². The lowest BCUT2D eigenvalue weighted by atomic mass is 9.96. The molecule has 0 aromatic heterocycles. The summed E-state index contributed by atoms with van der Waals surface area (Å²) in [6.45, 7) is 3.38. The van der Waals surface area contributed by atoms with Crippen molar-refractivity contribution in [1.29, 1.82) is 0 Å². The molecule has 0 amide bonds. The fraction of sp³-hybridized carbons (Fsp3) is 0.923. The Labute approximate surface area is 115 Å². The first-order valence-corrected chi connectivity index (χ1v) is 7.35. The van der Waals surface area contributed by atoms with Gasteiger partial charge in [0, 0.05) is 19.1 Å². The Bertz CT molecular complexity index is 291. The van der Waals surface area contributed by atoms with Crippen molar-refractivity contribution >= 4 is 5.96 Å². The zero-order valence-corrected chi connectivity index (χ0v) is 11.9. The van der Waals surface area contributed by atoms with Crippen LogP contribution in [0.3, 0.4) is 0 Å². The van der Waals surface area contributed by atoms with Gasteiger partial charge in [-0.3, -0.25) is 5.43 Å². The molecule has 1 unspecified atom stereocenters. The van der Waals surface area contributed by atoms with E-state index in [0.717, 1.165) is 19.7 Å². The predicted octanol–water partition coefficient (Wildman–Crippen LogP) is 0.0586. The van der Waals surface area contributed by atoms with Crippen LogP contribution in [0.5, 0.6) is 0 Å². The second kappa shape index (κ2) is 7.67. The molecule has 110 valence electrons. The molecule has 1 heterocycles. The highest BCUT2D eigenvalue weighted by Crippen LogP contribution is 2.17. The average Bonchev–Trinajstić information content (AvgIpc) is 2.44. The summed E-state index contributed by atoms with van der Waals surface area (Å²) < 4.78 is 5.69. The molecular weight excluding hydrogens is 242 g/mol.